The standard InChI is InChI=1S/C24H20N4O/c25-23-20(24-26-18-13-7-8-14-19(18)27-24)22(29)21(17-11-5-2-6-12-17)28(23)15-16-9-3-1-4-10-16/h1-14,21,25,29H,15H2,(H,26,27). The van der Waals surface area contributed by atoms with E-state index in [1.807, 2.05) is 89.8 Å². The number of rotatable bonds is 4. The van der Waals surface area contributed by atoms with Crippen LogP contribution in [0.5, 0.6) is 0 Å². The monoisotopic (exact) mass is 380 g/mol. The molecule has 0 amide bonds. The molecule has 3 N–H and O–H groups in total. The SMILES string of the molecule is N=C1C(c2nc3ccccc3[nH]2)=C(O)C(c2ccccc2)N1Cc1ccccc1. The molecule has 0 fully saturated rings. The zero-order valence-corrected chi connectivity index (χ0v) is 15.7. The van der Waals surface area contributed by atoms with Gasteiger partial charge in [0.1, 0.15) is 23.5 Å². The van der Waals surface area contributed by atoms with E-state index in [1.165, 1.54) is 0 Å². The number of aromatic amines is 1. The summed E-state index contributed by atoms with van der Waals surface area (Å²) in [5, 5.41) is 20.1. The predicted octanol–water partition coefficient (Wildman–Crippen LogP) is 5.07. The Kier molecular flexibility index (Phi) is 4.13. The summed E-state index contributed by atoms with van der Waals surface area (Å²) in [5.41, 5.74) is 4.17. The molecule has 5 heteroatoms. The molecular formula is C24H20N4O. The minimum atomic E-state index is -0.424. The van der Waals surface area contributed by atoms with Gasteiger partial charge in [-0.15, -0.1) is 0 Å². The van der Waals surface area contributed by atoms with E-state index in [9.17, 15) is 5.11 Å². The van der Waals surface area contributed by atoms with Crippen LogP contribution in [-0.2, 0) is 6.54 Å². The second-order valence-corrected chi connectivity index (χ2v) is 7.14. The molecule has 3 aromatic carbocycles. The van der Waals surface area contributed by atoms with Gasteiger partial charge in [-0.25, -0.2) is 4.98 Å². The molecule has 1 aromatic heterocycles. The van der Waals surface area contributed by atoms with Crippen molar-refractivity contribution >= 4 is 22.4 Å². The van der Waals surface area contributed by atoms with Crippen LogP contribution >= 0.6 is 0 Å². The molecule has 1 atom stereocenters. The second kappa shape index (κ2) is 6.95. The Morgan fingerprint density at radius 1 is 0.897 bits per heavy atom. The summed E-state index contributed by atoms with van der Waals surface area (Å²) in [6, 6.07) is 27.1. The van der Waals surface area contributed by atoms with E-state index < -0.39 is 6.04 Å². The van der Waals surface area contributed by atoms with E-state index in [4.69, 9.17) is 5.41 Å². The summed E-state index contributed by atoms with van der Waals surface area (Å²) in [4.78, 5) is 9.80. The molecule has 5 rings (SSSR count). The van der Waals surface area contributed by atoms with Crippen molar-refractivity contribution in [2.45, 2.75) is 12.6 Å². The van der Waals surface area contributed by atoms with Crippen molar-refractivity contribution in [2.75, 3.05) is 0 Å². The maximum atomic E-state index is 11.2. The second-order valence-electron chi connectivity index (χ2n) is 7.14. The first-order valence-electron chi connectivity index (χ1n) is 9.55. The third-order valence-electron chi connectivity index (χ3n) is 5.29. The number of aliphatic hydroxyl groups is 1. The zero-order valence-electron chi connectivity index (χ0n) is 15.7. The zero-order chi connectivity index (χ0) is 19.8. The number of aromatic nitrogens is 2. The number of nitrogens with zero attached hydrogens (tertiary/aromatic N) is 2. The van der Waals surface area contributed by atoms with Crippen molar-refractivity contribution in [3.8, 4) is 0 Å². The topological polar surface area (TPSA) is 76.0 Å². The minimum absolute atomic E-state index is 0.149. The largest absolute Gasteiger partial charge is 0.509 e. The van der Waals surface area contributed by atoms with Crippen LogP contribution in [-0.4, -0.2) is 25.8 Å². The van der Waals surface area contributed by atoms with Gasteiger partial charge in [0.25, 0.3) is 0 Å². The Morgan fingerprint density at radius 2 is 1.55 bits per heavy atom. The lowest BCUT2D eigenvalue weighted by Gasteiger charge is -2.27. The van der Waals surface area contributed by atoms with Crippen molar-refractivity contribution in [3.63, 3.8) is 0 Å². The number of nitrogens with one attached hydrogen (secondary N) is 2. The molecular weight excluding hydrogens is 360 g/mol. The van der Waals surface area contributed by atoms with E-state index in [1.54, 1.807) is 0 Å². The van der Waals surface area contributed by atoms with Gasteiger partial charge in [-0.2, -0.15) is 0 Å². The van der Waals surface area contributed by atoms with Crippen molar-refractivity contribution < 1.29 is 5.11 Å². The molecule has 0 spiro atoms. The van der Waals surface area contributed by atoms with Crippen LogP contribution in [0, 0.1) is 5.41 Å². The summed E-state index contributed by atoms with van der Waals surface area (Å²) >= 11 is 0. The molecule has 142 valence electrons. The Balaban J connectivity index is 1.62. The third kappa shape index (κ3) is 2.97. The Bertz CT molecular complexity index is 1180. The van der Waals surface area contributed by atoms with Gasteiger partial charge >= 0.3 is 0 Å². The Labute approximate surface area is 168 Å². The molecule has 1 aliphatic heterocycles. The average molecular weight is 380 g/mol. The van der Waals surface area contributed by atoms with Crippen LogP contribution in [0.2, 0.25) is 0 Å². The first-order valence-corrected chi connectivity index (χ1v) is 9.55. The van der Waals surface area contributed by atoms with Crippen LogP contribution in [0.1, 0.15) is 23.0 Å². The Hall–Kier alpha value is -3.86. The summed E-state index contributed by atoms with van der Waals surface area (Å²) in [6.07, 6.45) is 0. The van der Waals surface area contributed by atoms with E-state index in [0.717, 1.165) is 22.2 Å². The van der Waals surface area contributed by atoms with Gasteiger partial charge < -0.3 is 15.0 Å². The number of aliphatic hydroxyl groups excluding tert-OH is 1. The number of H-pyrrole nitrogens is 1. The highest BCUT2D eigenvalue weighted by Crippen LogP contribution is 2.41. The van der Waals surface area contributed by atoms with E-state index in [0.29, 0.717) is 17.9 Å². The van der Waals surface area contributed by atoms with Gasteiger partial charge in [0.2, 0.25) is 0 Å². The highest BCUT2D eigenvalue weighted by Gasteiger charge is 2.39. The van der Waals surface area contributed by atoms with Gasteiger partial charge in [-0.3, -0.25) is 5.41 Å². The lowest BCUT2D eigenvalue weighted by Crippen LogP contribution is -2.29. The number of hydrogen-bond acceptors (Lipinski definition) is 3. The highest BCUT2D eigenvalue weighted by atomic mass is 16.3. The molecule has 0 saturated heterocycles. The van der Waals surface area contributed by atoms with Crippen LogP contribution in [0.3, 0.4) is 0 Å². The maximum Gasteiger partial charge on any atom is 0.145 e. The van der Waals surface area contributed by atoms with Gasteiger partial charge in [0.15, 0.2) is 0 Å². The normalized spacial score (nSPS) is 16.8. The lowest BCUT2D eigenvalue weighted by molar-refractivity contribution is 0.270. The minimum Gasteiger partial charge on any atom is -0.509 e. The molecule has 0 radical (unpaired) electrons. The van der Waals surface area contributed by atoms with Gasteiger partial charge in [-0.1, -0.05) is 72.8 Å². The molecule has 1 unspecified atom stereocenters. The van der Waals surface area contributed by atoms with Crippen molar-refractivity contribution in [2.24, 2.45) is 0 Å². The summed E-state index contributed by atoms with van der Waals surface area (Å²) in [5.74, 6) is 0.931. The van der Waals surface area contributed by atoms with Gasteiger partial charge in [0.05, 0.1) is 16.6 Å². The summed E-state index contributed by atoms with van der Waals surface area (Å²) < 4.78 is 0. The molecule has 4 aromatic rings. The molecule has 5 nitrogen and oxygen atoms in total. The average Bonchev–Trinajstić information content (AvgIpc) is 3.28. The molecule has 29 heavy (non-hydrogen) atoms. The van der Waals surface area contributed by atoms with Crippen LogP contribution in [0.15, 0.2) is 90.7 Å². The Morgan fingerprint density at radius 3 is 2.28 bits per heavy atom. The predicted molar refractivity (Wildman–Crippen MR) is 115 cm³/mol. The molecule has 1 aliphatic rings. The smallest absolute Gasteiger partial charge is 0.145 e. The van der Waals surface area contributed by atoms with Crippen molar-refractivity contribution in [3.05, 3.63) is 108 Å². The van der Waals surface area contributed by atoms with Crippen molar-refractivity contribution in [1.82, 2.24) is 14.9 Å². The molecule has 2 heterocycles. The van der Waals surface area contributed by atoms with E-state index in [2.05, 4.69) is 9.97 Å². The maximum absolute atomic E-state index is 11.2. The molecule has 0 aliphatic carbocycles. The van der Waals surface area contributed by atoms with Crippen LogP contribution in [0.25, 0.3) is 16.6 Å². The van der Waals surface area contributed by atoms with Crippen LogP contribution in [0.4, 0.5) is 0 Å². The van der Waals surface area contributed by atoms with E-state index in [-0.39, 0.29) is 11.6 Å². The molecule has 0 bridgehead atoms. The fourth-order valence-corrected chi connectivity index (χ4v) is 3.91. The lowest BCUT2D eigenvalue weighted by atomic mass is 10.0. The fraction of sp³-hybridized carbons (Fsp3) is 0.0833. The number of benzene rings is 3. The first kappa shape index (κ1) is 17.3. The summed E-state index contributed by atoms with van der Waals surface area (Å²) in [6.45, 7) is 0.521. The van der Waals surface area contributed by atoms with Crippen molar-refractivity contribution in [1.29, 1.82) is 5.41 Å². The van der Waals surface area contributed by atoms with Gasteiger partial charge in [0, 0.05) is 6.54 Å². The fourth-order valence-electron chi connectivity index (χ4n) is 3.91. The molecule has 0 saturated carbocycles. The van der Waals surface area contributed by atoms with Gasteiger partial charge in [-0.05, 0) is 23.3 Å². The third-order valence-corrected chi connectivity index (χ3v) is 5.29. The quantitative estimate of drug-likeness (QED) is 0.463. The number of fused-ring (bicyclic) bond motifs is 1. The first-order chi connectivity index (χ1) is 14.2. The van der Waals surface area contributed by atoms with E-state index >= 15 is 0 Å². The summed E-state index contributed by atoms with van der Waals surface area (Å²) in [7, 11) is 0. The number of para-hydroxylation sites is 2. The number of imidazole rings is 1. The number of hydrogen-bond donors (Lipinski definition) is 3. The van der Waals surface area contributed by atoms with Crippen LogP contribution < -0.4 is 0 Å². The number of amidine groups is 1. The highest BCUT2D eigenvalue weighted by molar-refractivity contribution is 6.23.